The lowest BCUT2D eigenvalue weighted by Crippen LogP contribution is -2.05. The maximum absolute atomic E-state index is 10.8. The minimum atomic E-state index is -3.47. The first-order chi connectivity index (χ1) is 5.87. The molecule has 0 heterocycles. The summed E-state index contributed by atoms with van der Waals surface area (Å²) in [7, 11) is -3.47. The molecule has 0 saturated carbocycles. The molecule has 0 fully saturated rings. The summed E-state index contributed by atoms with van der Waals surface area (Å²) in [6.45, 7) is 1.81. The van der Waals surface area contributed by atoms with E-state index in [4.69, 9.17) is 11.6 Å². The Labute approximate surface area is 82.4 Å². The lowest BCUT2D eigenvalue weighted by atomic mass is 10.2. The standard InChI is InChI=1S/C8H9ClO3S/c1-6-3-7(9)5-8(4-6)12-13(2,10)11/h3-5H,1-2H3. The van der Waals surface area contributed by atoms with Crippen LogP contribution < -0.4 is 4.18 Å². The molecule has 1 aromatic rings. The first-order valence-corrected chi connectivity index (χ1v) is 5.73. The predicted octanol–water partition coefficient (Wildman–Crippen LogP) is 1.99. The van der Waals surface area contributed by atoms with Gasteiger partial charge >= 0.3 is 10.1 Å². The second kappa shape index (κ2) is 3.55. The molecule has 1 rings (SSSR count). The van der Waals surface area contributed by atoms with Crippen LogP contribution in [0.2, 0.25) is 5.02 Å². The molecule has 5 heteroatoms. The highest BCUT2D eigenvalue weighted by molar-refractivity contribution is 7.86. The fourth-order valence-electron chi connectivity index (χ4n) is 0.926. The second-order valence-electron chi connectivity index (χ2n) is 2.75. The van der Waals surface area contributed by atoms with E-state index in [2.05, 4.69) is 4.18 Å². The summed E-state index contributed by atoms with van der Waals surface area (Å²) >= 11 is 5.70. The van der Waals surface area contributed by atoms with Crippen LogP contribution in [0.1, 0.15) is 5.56 Å². The van der Waals surface area contributed by atoms with Gasteiger partial charge in [0.05, 0.1) is 6.26 Å². The molecule has 0 atom stereocenters. The van der Waals surface area contributed by atoms with Crippen LogP contribution in [-0.4, -0.2) is 14.7 Å². The summed E-state index contributed by atoms with van der Waals surface area (Å²) in [5.41, 5.74) is 0.853. The third-order valence-corrected chi connectivity index (χ3v) is 1.98. The highest BCUT2D eigenvalue weighted by atomic mass is 35.5. The van der Waals surface area contributed by atoms with E-state index in [0.717, 1.165) is 11.8 Å². The molecule has 72 valence electrons. The maximum atomic E-state index is 10.8. The predicted molar refractivity (Wildman–Crippen MR) is 51.7 cm³/mol. The Morgan fingerprint density at radius 1 is 1.31 bits per heavy atom. The van der Waals surface area contributed by atoms with Crippen molar-refractivity contribution in [1.82, 2.24) is 0 Å². The van der Waals surface area contributed by atoms with Crippen molar-refractivity contribution in [1.29, 1.82) is 0 Å². The summed E-state index contributed by atoms with van der Waals surface area (Å²) in [6.07, 6.45) is 0.989. The van der Waals surface area contributed by atoms with E-state index in [0.29, 0.717) is 5.02 Å². The van der Waals surface area contributed by atoms with Gasteiger partial charge in [-0.05, 0) is 24.6 Å². The molecule has 13 heavy (non-hydrogen) atoms. The van der Waals surface area contributed by atoms with Crippen molar-refractivity contribution in [2.24, 2.45) is 0 Å². The van der Waals surface area contributed by atoms with Gasteiger partial charge < -0.3 is 4.18 Å². The van der Waals surface area contributed by atoms with Gasteiger partial charge in [-0.25, -0.2) is 0 Å². The van der Waals surface area contributed by atoms with Crippen LogP contribution in [0, 0.1) is 6.92 Å². The SMILES string of the molecule is Cc1cc(Cl)cc(OS(C)(=O)=O)c1. The summed E-state index contributed by atoms with van der Waals surface area (Å²) in [5, 5.41) is 0.457. The number of hydrogen-bond acceptors (Lipinski definition) is 3. The molecule has 1 aromatic carbocycles. The Morgan fingerprint density at radius 2 is 1.92 bits per heavy atom. The molecule has 0 aliphatic rings. The number of rotatable bonds is 2. The number of aryl methyl sites for hydroxylation is 1. The number of halogens is 1. The summed E-state index contributed by atoms with van der Waals surface area (Å²) in [6, 6.07) is 4.78. The smallest absolute Gasteiger partial charge is 0.306 e. The van der Waals surface area contributed by atoms with Gasteiger partial charge in [0, 0.05) is 11.1 Å². The quantitative estimate of drug-likeness (QED) is 0.716. The minimum absolute atomic E-state index is 0.243. The molecule has 0 aliphatic heterocycles. The highest BCUT2D eigenvalue weighted by Crippen LogP contribution is 2.21. The monoisotopic (exact) mass is 220 g/mol. The van der Waals surface area contributed by atoms with E-state index >= 15 is 0 Å². The van der Waals surface area contributed by atoms with E-state index in [1.165, 1.54) is 6.07 Å². The van der Waals surface area contributed by atoms with E-state index in [1.54, 1.807) is 19.1 Å². The molecule has 0 saturated heterocycles. The third-order valence-electron chi connectivity index (χ3n) is 1.26. The lowest BCUT2D eigenvalue weighted by molar-refractivity contribution is 0.493. The molecule has 3 nitrogen and oxygen atoms in total. The average Bonchev–Trinajstić information content (AvgIpc) is 1.78. The second-order valence-corrected chi connectivity index (χ2v) is 4.76. The summed E-state index contributed by atoms with van der Waals surface area (Å²) in [4.78, 5) is 0. The van der Waals surface area contributed by atoms with E-state index in [-0.39, 0.29) is 5.75 Å². The Bertz CT molecular complexity index is 391. The van der Waals surface area contributed by atoms with Crippen LogP contribution in [0.5, 0.6) is 5.75 Å². The maximum Gasteiger partial charge on any atom is 0.306 e. The zero-order valence-electron chi connectivity index (χ0n) is 7.24. The Balaban J connectivity index is 3.03. The minimum Gasteiger partial charge on any atom is -0.383 e. The number of benzene rings is 1. The summed E-state index contributed by atoms with van der Waals surface area (Å²) < 4.78 is 26.2. The fourth-order valence-corrected chi connectivity index (χ4v) is 1.65. The van der Waals surface area contributed by atoms with Gasteiger partial charge in [0.1, 0.15) is 5.75 Å². The largest absolute Gasteiger partial charge is 0.383 e. The first kappa shape index (κ1) is 10.3. The zero-order valence-corrected chi connectivity index (χ0v) is 8.82. The van der Waals surface area contributed by atoms with Crippen LogP contribution in [0.4, 0.5) is 0 Å². The van der Waals surface area contributed by atoms with Gasteiger partial charge in [-0.1, -0.05) is 11.6 Å². The molecule has 0 bridgehead atoms. The van der Waals surface area contributed by atoms with Gasteiger partial charge in [-0.15, -0.1) is 0 Å². The Kier molecular flexibility index (Phi) is 2.83. The van der Waals surface area contributed by atoms with Crippen molar-refractivity contribution in [2.45, 2.75) is 6.92 Å². The van der Waals surface area contributed by atoms with Crippen molar-refractivity contribution >= 4 is 21.7 Å². The van der Waals surface area contributed by atoms with Crippen molar-refractivity contribution in [2.75, 3.05) is 6.26 Å². The van der Waals surface area contributed by atoms with Crippen LogP contribution in [-0.2, 0) is 10.1 Å². The molecular formula is C8H9ClO3S. The van der Waals surface area contributed by atoms with Gasteiger partial charge in [0.15, 0.2) is 0 Å². The van der Waals surface area contributed by atoms with Crippen molar-refractivity contribution in [3.63, 3.8) is 0 Å². The molecule has 0 aliphatic carbocycles. The third kappa shape index (κ3) is 3.65. The summed E-state index contributed by atoms with van der Waals surface area (Å²) in [5.74, 6) is 0.243. The van der Waals surface area contributed by atoms with E-state index < -0.39 is 10.1 Å². The lowest BCUT2D eigenvalue weighted by Gasteiger charge is -2.03. The van der Waals surface area contributed by atoms with Gasteiger partial charge in [0.25, 0.3) is 0 Å². The van der Waals surface area contributed by atoms with Gasteiger partial charge in [-0.3, -0.25) is 0 Å². The molecule has 0 N–H and O–H groups in total. The van der Waals surface area contributed by atoms with Crippen LogP contribution in [0.3, 0.4) is 0 Å². The molecule has 0 unspecified atom stereocenters. The van der Waals surface area contributed by atoms with E-state index in [9.17, 15) is 8.42 Å². The molecular weight excluding hydrogens is 212 g/mol. The van der Waals surface area contributed by atoms with Crippen LogP contribution in [0.25, 0.3) is 0 Å². The normalized spacial score (nSPS) is 11.3. The number of hydrogen-bond donors (Lipinski definition) is 0. The highest BCUT2D eigenvalue weighted by Gasteiger charge is 2.05. The first-order valence-electron chi connectivity index (χ1n) is 3.53. The van der Waals surface area contributed by atoms with Crippen molar-refractivity contribution in [3.05, 3.63) is 28.8 Å². The fraction of sp³-hybridized carbons (Fsp3) is 0.250. The topological polar surface area (TPSA) is 43.4 Å². The van der Waals surface area contributed by atoms with Crippen LogP contribution >= 0.6 is 11.6 Å². The Hall–Kier alpha value is -0.740. The van der Waals surface area contributed by atoms with Crippen molar-refractivity contribution < 1.29 is 12.6 Å². The molecule has 0 amide bonds. The Morgan fingerprint density at radius 3 is 2.38 bits per heavy atom. The average molecular weight is 221 g/mol. The molecule has 0 spiro atoms. The van der Waals surface area contributed by atoms with Crippen LogP contribution in [0.15, 0.2) is 18.2 Å². The molecule has 0 aromatic heterocycles. The molecule has 0 radical (unpaired) electrons. The van der Waals surface area contributed by atoms with Gasteiger partial charge in [-0.2, -0.15) is 8.42 Å². The van der Waals surface area contributed by atoms with E-state index in [1.807, 2.05) is 0 Å². The zero-order chi connectivity index (χ0) is 10.1. The van der Waals surface area contributed by atoms with Crippen molar-refractivity contribution in [3.8, 4) is 5.75 Å². The van der Waals surface area contributed by atoms with Gasteiger partial charge in [0.2, 0.25) is 0 Å².